The Bertz CT molecular complexity index is 4770. The first-order valence-corrected chi connectivity index (χ1v) is 38.1. The molecule has 1 aliphatic heterocycles. The second-order valence-electron chi connectivity index (χ2n) is 28.3. The van der Waals surface area contributed by atoms with Crippen LogP contribution in [0.4, 0.5) is 13.2 Å². The molecule has 1 saturated heterocycles. The van der Waals surface area contributed by atoms with E-state index in [2.05, 4.69) is 72.0 Å². The molecule has 39 heteroatoms. The number of hydrogen-bond donors (Lipinski definition) is 6. The number of hydrogen-bond acceptors (Lipinski definition) is 29. The summed E-state index contributed by atoms with van der Waals surface area (Å²) in [5, 5.41) is 34.1. The number of esters is 2. The van der Waals surface area contributed by atoms with Crippen molar-refractivity contribution in [2.75, 3.05) is 41.6 Å². The van der Waals surface area contributed by atoms with Gasteiger partial charge in [-0.3, -0.25) is 47.9 Å². The molecule has 1 fully saturated rings. The smallest absolute Gasteiger partial charge is 0.333 e. The number of nitrogens with zero attached hydrogens (tertiary/aromatic N) is 9. The average Bonchev–Trinajstić information content (AvgIpc) is 0.951. The molecule has 6 N–H and O–H groups in total. The predicted octanol–water partition coefficient (Wildman–Crippen LogP) is 8.65. The summed E-state index contributed by atoms with van der Waals surface area (Å²) < 4.78 is 84.5. The van der Waals surface area contributed by atoms with Gasteiger partial charge in [-0.25, -0.2) is 18.0 Å². The van der Waals surface area contributed by atoms with Crippen molar-refractivity contribution < 1.29 is 113 Å². The Balaban J connectivity index is 0.000000266. The van der Waals surface area contributed by atoms with E-state index in [1.807, 2.05) is 0 Å². The fourth-order valence-electron chi connectivity index (χ4n) is 11.8. The van der Waals surface area contributed by atoms with E-state index in [1.165, 1.54) is 132 Å². The first-order chi connectivity index (χ1) is 57.0. The monoisotopic (exact) mass is 1690 g/mol. The van der Waals surface area contributed by atoms with Crippen molar-refractivity contribution in [1.82, 2.24) is 72.0 Å². The predicted molar refractivity (Wildman–Crippen MR) is 419 cm³/mol. The molecular formula is C81H96ClF3N14O21. The van der Waals surface area contributed by atoms with Crippen LogP contribution in [0.3, 0.4) is 0 Å². The lowest BCUT2D eigenvalue weighted by Crippen LogP contribution is -2.47. The Labute approximate surface area is 693 Å². The average molecular weight is 1690 g/mol. The van der Waals surface area contributed by atoms with Gasteiger partial charge in [-0.15, -0.1) is 19.9 Å². The molecular weight excluding hydrogens is 1600 g/mol. The Morgan fingerprint density at radius 1 is 0.525 bits per heavy atom. The Kier molecular flexibility index (Phi) is 38.0. The summed E-state index contributed by atoms with van der Waals surface area (Å²) in [5.41, 5.74) is 1.95. The molecule has 120 heavy (non-hydrogen) atoms. The van der Waals surface area contributed by atoms with Crippen molar-refractivity contribution in [3.8, 4) is 30.1 Å². The Morgan fingerprint density at radius 2 is 0.875 bits per heavy atom. The molecule has 9 rings (SSSR count). The largest absolute Gasteiger partial charge is 0.481 e. The lowest BCUT2D eigenvalue weighted by Gasteiger charge is -2.25. The standard InChI is InChI=1S/C31H39FN4O7.C25H28FN5O7.C20H23FN2O5.C5H6ClN3O2/c1-5-42-27(38)11-10-24(16-21-12-13-33-29(21)39)34-30(40)22(15-20-6-8-23(32)9-7-20)17-26(37)28(18(2)3)35-31(41)25-14-19(4)43-36-25;1-13(2)20(27-21(33)18-10-14(3)38-31-18)19(32)12-16(11-15-6-8-17(26)9-7-15)22(34)37-25-29-23(35-4)28-24(30-25)36-5;1-11(2)18(22-19(25)16-8-12(3)28-23-16)17(24)10-14(20(26)27)9-13-4-6-15(21)7-5-13;1-10-4-7-3(6)8-5(9-4)11-2/h6-11,14,18,21-22,24,28H,5,12-13,15-17H2,1-4H3,(H,33,39)(H,34,40)(H,35,41);6-10,13,16,20H,11-12H2,1-5H3,(H,27,33);4-8,11,14,18H,9-10H2,1-3H3,(H,22,25)(H,26,27);1-2H3/b11-10+;;;/t21-,22+,24+,28-;16-,20+;14-,18+;/m011./s1. The number of aryl methyl sites for hydroxylation is 3. The van der Waals surface area contributed by atoms with Crippen molar-refractivity contribution in [1.29, 1.82) is 0 Å². The number of aromatic nitrogens is 9. The van der Waals surface area contributed by atoms with Gasteiger partial charge in [-0.05, 0) is 142 Å². The van der Waals surface area contributed by atoms with Crippen LogP contribution < -0.4 is 50.3 Å². The van der Waals surface area contributed by atoms with Crippen molar-refractivity contribution in [3.05, 3.63) is 177 Å². The number of carbonyl (C=O) groups excluding carboxylic acids is 10. The SMILES string of the molecule is CCOC(=O)/C=C/[C@H](C[C@@H]1CCNC1=O)NC(=O)[C@@H](CC(=O)[C@@H](NC(=O)c1cc(C)on1)C(C)C)Cc1ccc(F)cc1.COc1nc(Cl)nc(OC)n1.COc1nc(OC)nc(OC(=O)[C@@H](CC(=O)[C@@H](NC(=O)c2cc(C)on2)C(C)C)Cc2ccc(F)cc2)n1.Cc1cc(C(=O)N[C@H](C(=O)C[C@@H](Cc2ccc(F)cc2)C(=O)O)C(C)C)no1. The van der Waals surface area contributed by atoms with Crippen molar-refractivity contribution >= 4 is 76.4 Å². The highest BCUT2D eigenvalue weighted by Gasteiger charge is 2.36. The van der Waals surface area contributed by atoms with Crippen molar-refractivity contribution in [2.24, 2.45) is 41.4 Å². The number of nitrogens with one attached hydrogen (secondary N) is 5. The number of benzene rings is 3. The maximum atomic E-state index is 13.7. The van der Waals surface area contributed by atoms with Crippen LogP contribution in [0.15, 0.2) is 117 Å². The Morgan fingerprint density at radius 3 is 1.21 bits per heavy atom. The number of amides is 5. The van der Waals surface area contributed by atoms with Crippen LogP contribution in [-0.4, -0.2) is 181 Å². The molecule has 35 nitrogen and oxygen atoms in total. The molecule has 5 amide bonds. The van der Waals surface area contributed by atoms with Gasteiger partial charge in [0.05, 0.1) is 65.0 Å². The number of carboxylic acid groups (broad SMARTS) is 1. The van der Waals surface area contributed by atoms with Gasteiger partial charge >= 0.3 is 48.0 Å². The number of halogens is 4. The van der Waals surface area contributed by atoms with Gasteiger partial charge < -0.3 is 73.7 Å². The minimum Gasteiger partial charge on any atom is -0.481 e. The second-order valence-corrected chi connectivity index (χ2v) is 28.7. The molecule has 8 atom stereocenters. The molecule has 8 aromatic rings. The minimum absolute atomic E-state index is 0.0287. The number of Topliss-reactive ketones (excluding diaryl/α,β-unsaturated/α-hetero) is 3. The molecule has 0 radical (unpaired) electrons. The number of ether oxygens (including phenoxy) is 6. The van der Waals surface area contributed by atoms with Gasteiger partial charge in [0.2, 0.25) is 17.1 Å². The van der Waals surface area contributed by atoms with E-state index in [-0.39, 0.29) is 139 Å². The fraction of sp³-hybridized carbons (Fsp3) is 0.432. The van der Waals surface area contributed by atoms with Crippen LogP contribution in [0.5, 0.6) is 30.1 Å². The molecule has 644 valence electrons. The normalized spacial score (nSPS) is 13.9. The van der Waals surface area contributed by atoms with Gasteiger partial charge in [0, 0.05) is 68.0 Å². The summed E-state index contributed by atoms with van der Waals surface area (Å²) >= 11 is 5.49. The van der Waals surface area contributed by atoms with E-state index >= 15 is 0 Å². The molecule has 0 bridgehead atoms. The van der Waals surface area contributed by atoms with E-state index in [1.54, 1.807) is 69.2 Å². The summed E-state index contributed by atoms with van der Waals surface area (Å²) in [6.45, 7) is 17.9. The van der Waals surface area contributed by atoms with Crippen molar-refractivity contribution in [3.63, 3.8) is 0 Å². The van der Waals surface area contributed by atoms with E-state index in [0.29, 0.717) is 46.9 Å². The molecule has 3 aromatic carbocycles. The lowest BCUT2D eigenvalue weighted by molar-refractivity contribution is -0.144. The van der Waals surface area contributed by atoms with Gasteiger partial charge in [0.1, 0.15) is 34.7 Å². The maximum Gasteiger partial charge on any atom is 0.333 e. The summed E-state index contributed by atoms with van der Waals surface area (Å²) in [5.74, 6) is -10.2. The topological polar surface area (TPSA) is 479 Å². The number of methoxy groups -OCH3 is 4. The summed E-state index contributed by atoms with van der Waals surface area (Å²) in [7, 11) is 5.50. The molecule has 0 saturated carbocycles. The van der Waals surface area contributed by atoms with Gasteiger partial charge in [0.25, 0.3) is 17.7 Å². The van der Waals surface area contributed by atoms with Crippen LogP contribution in [0.25, 0.3) is 0 Å². The molecule has 1 aliphatic rings. The Hall–Kier alpha value is -12.9. The third kappa shape index (κ3) is 31.5. The number of rotatable bonds is 38. The molecule has 0 aliphatic carbocycles. The zero-order chi connectivity index (χ0) is 88.4. The first kappa shape index (κ1) is 95.9. The highest BCUT2D eigenvalue weighted by molar-refractivity contribution is 6.28. The number of carboxylic acids is 1. The van der Waals surface area contributed by atoms with E-state index in [4.69, 9.17) is 53.6 Å². The summed E-state index contributed by atoms with van der Waals surface area (Å²) in [4.78, 5) is 163. The van der Waals surface area contributed by atoms with Gasteiger partial charge in [0.15, 0.2) is 34.4 Å². The zero-order valence-corrected chi connectivity index (χ0v) is 69.1. The third-order valence-corrected chi connectivity index (χ3v) is 18.1. The van der Waals surface area contributed by atoms with Crippen LogP contribution >= 0.6 is 11.6 Å². The quantitative estimate of drug-likeness (QED) is 0.0156. The van der Waals surface area contributed by atoms with E-state index in [9.17, 15) is 71.0 Å². The second kappa shape index (κ2) is 47.5. The lowest BCUT2D eigenvalue weighted by atomic mass is 9.87. The summed E-state index contributed by atoms with van der Waals surface area (Å²) in [6, 6.07) is 17.1. The number of carbonyl (C=O) groups is 11. The van der Waals surface area contributed by atoms with Crippen molar-refractivity contribution in [2.45, 2.75) is 145 Å². The number of ketones is 3. The highest BCUT2D eigenvalue weighted by atomic mass is 35.5. The maximum absolute atomic E-state index is 13.7. The molecule has 6 heterocycles. The minimum atomic E-state index is -1.13. The number of aliphatic carboxylic acids is 1. The van der Waals surface area contributed by atoms with Crippen LogP contribution in [0, 0.1) is 79.6 Å². The van der Waals surface area contributed by atoms with Crippen LogP contribution in [0.1, 0.15) is 146 Å². The van der Waals surface area contributed by atoms with Crippen LogP contribution in [-0.2, 0) is 62.4 Å². The van der Waals surface area contributed by atoms with Gasteiger partial charge in [-0.2, -0.15) is 9.97 Å². The fourth-order valence-corrected chi connectivity index (χ4v) is 11.9. The first-order valence-electron chi connectivity index (χ1n) is 37.7. The van der Waals surface area contributed by atoms with Gasteiger partial charge in [-0.1, -0.05) is 99.5 Å². The third-order valence-electron chi connectivity index (χ3n) is 17.9. The molecule has 5 aromatic heterocycles. The molecule has 0 spiro atoms. The van der Waals surface area contributed by atoms with E-state index in [0.717, 1.165) is 0 Å². The highest BCUT2D eigenvalue weighted by Crippen LogP contribution is 2.26. The van der Waals surface area contributed by atoms with Crippen LogP contribution in [0.2, 0.25) is 5.28 Å². The summed E-state index contributed by atoms with van der Waals surface area (Å²) in [6.07, 6.45) is 2.97. The van der Waals surface area contributed by atoms with E-state index < -0.39 is 112 Å². The zero-order valence-electron chi connectivity index (χ0n) is 68.4. The molecule has 0 unspecified atom stereocenters.